The highest BCUT2D eigenvalue weighted by molar-refractivity contribution is 7.07. The number of piperidine rings is 1. The first kappa shape index (κ1) is 15.6. The van der Waals surface area contributed by atoms with Crippen LogP contribution in [0.15, 0.2) is 17.1 Å². The van der Waals surface area contributed by atoms with Gasteiger partial charge in [0.05, 0.1) is 23.4 Å². The van der Waals surface area contributed by atoms with E-state index >= 15 is 0 Å². The second-order valence-corrected chi connectivity index (χ2v) is 6.22. The number of carbonyl (C=O) groups is 2. The minimum atomic E-state index is -1.09. The molecule has 8 nitrogen and oxygen atoms in total. The third-order valence-corrected chi connectivity index (χ3v) is 4.57. The summed E-state index contributed by atoms with van der Waals surface area (Å²) in [6.45, 7) is 1.27. The highest BCUT2D eigenvalue weighted by Gasteiger charge is 2.26. The first-order valence-corrected chi connectivity index (χ1v) is 8.37. The van der Waals surface area contributed by atoms with E-state index in [4.69, 9.17) is 5.11 Å². The van der Waals surface area contributed by atoms with Crippen LogP contribution in [0, 0.1) is 0 Å². The summed E-state index contributed by atoms with van der Waals surface area (Å²) >= 11 is 1.53. The number of carboxylic acids is 1. The molecule has 0 spiro atoms. The number of hydrogen-bond donors (Lipinski definition) is 1. The topological polar surface area (TPSA) is 101 Å². The number of aromatic carboxylic acids is 1. The van der Waals surface area contributed by atoms with Crippen molar-refractivity contribution in [3.8, 4) is 0 Å². The van der Waals surface area contributed by atoms with Crippen LogP contribution in [0.3, 0.4) is 0 Å². The summed E-state index contributed by atoms with van der Waals surface area (Å²) in [5.41, 5.74) is 2.64. The molecule has 1 aliphatic rings. The molecule has 0 aromatic carbocycles. The van der Waals surface area contributed by atoms with Crippen molar-refractivity contribution in [1.82, 2.24) is 24.9 Å². The van der Waals surface area contributed by atoms with Crippen LogP contribution in [0.5, 0.6) is 0 Å². The smallest absolute Gasteiger partial charge is 0.358 e. The Bertz CT molecular complexity index is 684. The Morgan fingerprint density at radius 1 is 1.43 bits per heavy atom. The van der Waals surface area contributed by atoms with E-state index in [9.17, 15) is 9.59 Å². The van der Waals surface area contributed by atoms with E-state index < -0.39 is 5.97 Å². The summed E-state index contributed by atoms with van der Waals surface area (Å²) in [5, 5.41) is 18.4. The molecule has 0 bridgehead atoms. The van der Waals surface area contributed by atoms with Crippen molar-refractivity contribution in [1.29, 1.82) is 0 Å². The molecule has 1 amide bonds. The number of nitrogens with zero attached hydrogens (tertiary/aromatic N) is 5. The average Bonchev–Trinajstić information content (AvgIpc) is 3.24. The van der Waals surface area contributed by atoms with Gasteiger partial charge in [0, 0.05) is 24.9 Å². The molecule has 3 heterocycles. The van der Waals surface area contributed by atoms with Gasteiger partial charge in [-0.15, -0.1) is 16.4 Å². The first-order valence-electron chi connectivity index (χ1n) is 7.43. The number of carboxylic acid groups (broad SMARTS) is 1. The second kappa shape index (κ2) is 6.86. The van der Waals surface area contributed by atoms with E-state index in [1.807, 2.05) is 10.3 Å². The minimum absolute atomic E-state index is 0.0208. The molecule has 1 aliphatic heterocycles. The van der Waals surface area contributed by atoms with Crippen molar-refractivity contribution < 1.29 is 14.7 Å². The second-order valence-electron chi connectivity index (χ2n) is 5.50. The van der Waals surface area contributed by atoms with Crippen molar-refractivity contribution in [2.75, 3.05) is 13.1 Å². The molecule has 23 heavy (non-hydrogen) atoms. The predicted octanol–water partition coefficient (Wildman–Crippen LogP) is 1.23. The minimum Gasteiger partial charge on any atom is -0.476 e. The van der Waals surface area contributed by atoms with Crippen LogP contribution in [0.4, 0.5) is 0 Å². The van der Waals surface area contributed by atoms with Crippen molar-refractivity contribution in [3.05, 3.63) is 28.5 Å². The van der Waals surface area contributed by atoms with E-state index in [-0.39, 0.29) is 17.6 Å². The van der Waals surface area contributed by atoms with Gasteiger partial charge in [-0.05, 0) is 19.3 Å². The number of aromatic nitrogens is 4. The van der Waals surface area contributed by atoms with Gasteiger partial charge in [0.15, 0.2) is 5.69 Å². The molecule has 2 aromatic heterocycles. The quantitative estimate of drug-likeness (QED) is 0.882. The largest absolute Gasteiger partial charge is 0.476 e. The van der Waals surface area contributed by atoms with Crippen LogP contribution in [0.2, 0.25) is 0 Å². The molecule has 2 aromatic rings. The van der Waals surface area contributed by atoms with Crippen LogP contribution in [0.25, 0.3) is 0 Å². The zero-order valence-corrected chi connectivity index (χ0v) is 13.3. The Labute approximate surface area is 136 Å². The van der Waals surface area contributed by atoms with E-state index in [0.717, 1.165) is 25.1 Å². The van der Waals surface area contributed by atoms with Crippen molar-refractivity contribution in [3.63, 3.8) is 0 Å². The maximum Gasteiger partial charge on any atom is 0.358 e. The van der Waals surface area contributed by atoms with Gasteiger partial charge in [0.25, 0.3) is 0 Å². The Morgan fingerprint density at radius 3 is 3.00 bits per heavy atom. The normalized spacial score (nSPS) is 18.1. The molecule has 1 fully saturated rings. The maximum absolute atomic E-state index is 12.3. The molecule has 0 saturated carbocycles. The standard InChI is InChI=1S/C14H17N5O3S/c20-13(4-3-10-8-23-9-15-10)18-5-1-2-11(6-18)19-7-12(14(21)22)16-17-19/h7-9,11H,1-6H2,(H,21,22). The lowest BCUT2D eigenvalue weighted by Gasteiger charge is -2.32. The van der Waals surface area contributed by atoms with Crippen molar-refractivity contribution in [2.45, 2.75) is 31.7 Å². The molecule has 0 radical (unpaired) electrons. The molecular formula is C14H17N5O3S. The number of amides is 1. The summed E-state index contributed by atoms with van der Waals surface area (Å²) in [6.07, 6.45) is 4.24. The molecule has 3 rings (SSSR count). The number of carbonyl (C=O) groups excluding carboxylic acids is 1. The van der Waals surface area contributed by atoms with Crippen molar-refractivity contribution in [2.24, 2.45) is 0 Å². The monoisotopic (exact) mass is 335 g/mol. The molecular weight excluding hydrogens is 318 g/mol. The fourth-order valence-electron chi connectivity index (χ4n) is 2.70. The van der Waals surface area contributed by atoms with E-state index in [2.05, 4.69) is 15.3 Å². The Morgan fingerprint density at radius 2 is 2.30 bits per heavy atom. The highest BCUT2D eigenvalue weighted by atomic mass is 32.1. The van der Waals surface area contributed by atoms with Gasteiger partial charge in [0.1, 0.15) is 0 Å². The third kappa shape index (κ3) is 3.73. The molecule has 9 heteroatoms. The predicted molar refractivity (Wildman–Crippen MR) is 82.3 cm³/mol. The van der Waals surface area contributed by atoms with Gasteiger partial charge in [-0.2, -0.15) is 0 Å². The van der Waals surface area contributed by atoms with Crippen LogP contribution in [-0.4, -0.2) is 55.0 Å². The molecule has 0 aliphatic carbocycles. The summed E-state index contributed by atoms with van der Waals surface area (Å²) in [4.78, 5) is 29.2. The van der Waals surface area contributed by atoms with Crippen LogP contribution in [0.1, 0.15) is 41.5 Å². The lowest BCUT2D eigenvalue weighted by Crippen LogP contribution is -2.41. The lowest BCUT2D eigenvalue weighted by molar-refractivity contribution is -0.132. The third-order valence-electron chi connectivity index (χ3n) is 3.93. The Hall–Kier alpha value is -2.29. The van der Waals surface area contributed by atoms with Gasteiger partial charge in [0.2, 0.25) is 5.91 Å². The van der Waals surface area contributed by atoms with Crippen molar-refractivity contribution >= 4 is 23.2 Å². The van der Waals surface area contributed by atoms with Gasteiger partial charge in [-0.3, -0.25) is 4.79 Å². The van der Waals surface area contributed by atoms with Crippen LogP contribution < -0.4 is 0 Å². The molecule has 1 atom stereocenters. The fourth-order valence-corrected chi connectivity index (χ4v) is 3.30. The molecule has 122 valence electrons. The summed E-state index contributed by atoms with van der Waals surface area (Å²) < 4.78 is 1.56. The van der Waals surface area contributed by atoms with Gasteiger partial charge in [-0.1, -0.05) is 5.21 Å². The average molecular weight is 335 g/mol. The lowest BCUT2D eigenvalue weighted by atomic mass is 10.1. The van der Waals surface area contributed by atoms with Crippen LogP contribution in [-0.2, 0) is 11.2 Å². The number of hydrogen-bond acceptors (Lipinski definition) is 6. The molecule has 1 unspecified atom stereocenters. The van der Waals surface area contributed by atoms with Gasteiger partial charge in [-0.25, -0.2) is 14.5 Å². The molecule has 1 N–H and O–H groups in total. The Kier molecular flexibility index (Phi) is 4.65. The van der Waals surface area contributed by atoms with E-state index in [1.165, 1.54) is 17.5 Å². The summed E-state index contributed by atoms with van der Waals surface area (Å²) in [7, 11) is 0. The molecule has 1 saturated heterocycles. The highest BCUT2D eigenvalue weighted by Crippen LogP contribution is 2.21. The number of thiazole rings is 1. The number of rotatable bonds is 5. The maximum atomic E-state index is 12.3. The Balaban J connectivity index is 1.58. The van der Waals surface area contributed by atoms with E-state index in [0.29, 0.717) is 19.4 Å². The van der Waals surface area contributed by atoms with E-state index in [1.54, 1.807) is 10.2 Å². The fraction of sp³-hybridized carbons (Fsp3) is 0.500. The number of aryl methyl sites for hydroxylation is 1. The zero-order chi connectivity index (χ0) is 16.2. The first-order chi connectivity index (χ1) is 11.1. The summed E-state index contributed by atoms with van der Waals surface area (Å²) in [5.74, 6) is -0.996. The SMILES string of the molecule is O=C(O)c1cn(C2CCCN(C(=O)CCc3cscn3)C2)nn1. The van der Waals surface area contributed by atoms with Gasteiger partial charge < -0.3 is 10.0 Å². The zero-order valence-electron chi connectivity index (χ0n) is 12.5. The van der Waals surface area contributed by atoms with Gasteiger partial charge >= 0.3 is 5.97 Å². The van der Waals surface area contributed by atoms with Crippen LogP contribution >= 0.6 is 11.3 Å². The number of likely N-dealkylation sites (tertiary alicyclic amines) is 1. The summed E-state index contributed by atoms with van der Waals surface area (Å²) in [6, 6.07) is -0.0208.